The summed E-state index contributed by atoms with van der Waals surface area (Å²) in [6, 6.07) is 10.0. The lowest BCUT2D eigenvalue weighted by Gasteiger charge is -2.33. The second-order valence-corrected chi connectivity index (χ2v) is 4.88. The summed E-state index contributed by atoms with van der Waals surface area (Å²) in [5, 5.41) is 0. The van der Waals surface area contributed by atoms with E-state index in [0.29, 0.717) is 6.54 Å². The summed E-state index contributed by atoms with van der Waals surface area (Å²) in [5.41, 5.74) is 1.08. The van der Waals surface area contributed by atoms with E-state index in [-0.39, 0.29) is 5.91 Å². The highest BCUT2D eigenvalue weighted by Crippen LogP contribution is 2.11. The third kappa shape index (κ3) is 3.23. The van der Waals surface area contributed by atoms with Gasteiger partial charge in [0.05, 0.1) is 6.54 Å². The maximum absolute atomic E-state index is 12.2. The summed E-state index contributed by atoms with van der Waals surface area (Å²) < 4.78 is 0. The smallest absolute Gasteiger partial charge is 0.242 e. The van der Waals surface area contributed by atoms with Gasteiger partial charge >= 0.3 is 0 Å². The van der Waals surface area contributed by atoms with Crippen molar-refractivity contribution in [1.82, 2.24) is 9.80 Å². The minimum atomic E-state index is 0.217. The lowest BCUT2D eigenvalue weighted by atomic mass is 10.3. The van der Waals surface area contributed by atoms with Crippen molar-refractivity contribution >= 4 is 11.6 Å². The number of nitrogens with zero attached hydrogens (tertiary/aromatic N) is 3. The summed E-state index contributed by atoms with van der Waals surface area (Å²) in [6.07, 6.45) is 0. The molecule has 0 radical (unpaired) electrons. The molecule has 0 saturated carbocycles. The van der Waals surface area contributed by atoms with E-state index in [2.05, 4.69) is 11.9 Å². The van der Waals surface area contributed by atoms with Gasteiger partial charge in [-0.2, -0.15) is 0 Å². The number of carbonyl (C=O) groups is 1. The Kier molecular flexibility index (Phi) is 4.20. The molecule has 1 aliphatic heterocycles. The number of amides is 1. The van der Waals surface area contributed by atoms with Crippen LogP contribution in [-0.2, 0) is 4.79 Å². The van der Waals surface area contributed by atoms with Gasteiger partial charge in [-0.05, 0) is 19.2 Å². The van der Waals surface area contributed by atoms with Crippen molar-refractivity contribution in [1.29, 1.82) is 0 Å². The van der Waals surface area contributed by atoms with Crippen LogP contribution in [0.15, 0.2) is 30.3 Å². The Balaban J connectivity index is 1.87. The Bertz CT molecular complexity index is 385. The van der Waals surface area contributed by atoms with Gasteiger partial charge in [0.2, 0.25) is 5.91 Å². The Morgan fingerprint density at radius 3 is 2.39 bits per heavy atom. The van der Waals surface area contributed by atoms with E-state index < -0.39 is 0 Å². The molecule has 4 heteroatoms. The molecule has 0 unspecified atom stereocenters. The number of carbonyl (C=O) groups excluding carboxylic acids is 1. The Hall–Kier alpha value is -1.55. The second-order valence-electron chi connectivity index (χ2n) is 4.88. The highest BCUT2D eigenvalue weighted by atomic mass is 16.2. The summed E-state index contributed by atoms with van der Waals surface area (Å²) >= 11 is 0. The SMILES string of the molecule is CN1CCN(C(=O)CN(C)c2ccccc2)CC1. The molecule has 1 amide bonds. The lowest BCUT2D eigenvalue weighted by molar-refractivity contribution is -0.131. The molecule has 0 bridgehead atoms. The molecule has 0 aliphatic carbocycles. The van der Waals surface area contributed by atoms with Crippen LogP contribution in [0.1, 0.15) is 0 Å². The van der Waals surface area contributed by atoms with Gasteiger partial charge in [-0.1, -0.05) is 18.2 Å². The van der Waals surface area contributed by atoms with Crippen LogP contribution in [0, 0.1) is 0 Å². The molecule has 18 heavy (non-hydrogen) atoms. The Morgan fingerprint density at radius 2 is 1.78 bits per heavy atom. The molecule has 98 valence electrons. The van der Waals surface area contributed by atoms with Crippen LogP contribution in [0.3, 0.4) is 0 Å². The van der Waals surface area contributed by atoms with Gasteiger partial charge in [-0.3, -0.25) is 4.79 Å². The van der Waals surface area contributed by atoms with Crippen LogP contribution < -0.4 is 4.90 Å². The molecule has 0 N–H and O–H groups in total. The molecule has 0 aromatic heterocycles. The molecule has 4 nitrogen and oxygen atoms in total. The van der Waals surface area contributed by atoms with E-state index in [4.69, 9.17) is 0 Å². The fraction of sp³-hybridized carbons (Fsp3) is 0.500. The van der Waals surface area contributed by atoms with Crippen molar-refractivity contribution < 1.29 is 4.79 Å². The number of hydrogen-bond donors (Lipinski definition) is 0. The fourth-order valence-electron chi connectivity index (χ4n) is 2.13. The van der Waals surface area contributed by atoms with E-state index in [9.17, 15) is 4.79 Å². The number of likely N-dealkylation sites (N-methyl/N-ethyl adjacent to an activating group) is 2. The summed E-state index contributed by atoms with van der Waals surface area (Å²) in [5.74, 6) is 0.217. The molecular weight excluding hydrogens is 226 g/mol. The first-order valence-electron chi connectivity index (χ1n) is 6.39. The van der Waals surface area contributed by atoms with Gasteiger partial charge in [0.15, 0.2) is 0 Å². The van der Waals surface area contributed by atoms with Gasteiger partial charge in [0.1, 0.15) is 0 Å². The van der Waals surface area contributed by atoms with Gasteiger partial charge in [-0.25, -0.2) is 0 Å². The van der Waals surface area contributed by atoms with Gasteiger partial charge < -0.3 is 14.7 Å². The summed E-state index contributed by atoms with van der Waals surface area (Å²) in [4.78, 5) is 18.4. The molecule has 2 rings (SSSR count). The first-order chi connectivity index (χ1) is 8.66. The monoisotopic (exact) mass is 247 g/mol. The molecule has 1 heterocycles. The highest BCUT2D eigenvalue weighted by molar-refractivity contribution is 5.81. The molecule has 1 aliphatic rings. The molecule has 1 fully saturated rings. The number of hydrogen-bond acceptors (Lipinski definition) is 3. The van der Waals surface area contributed by atoms with Crippen molar-refractivity contribution in [3.05, 3.63) is 30.3 Å². The molecule has 0 spiro atoms. The second kappa shape index (κ2) is 5.87. The van der Waals surface area contributed by atoms with E-state index in [1.54, 1.807) is 0 Å². The van der Waals surface area contributed by atoms with Crippen molar-refractivity contribution in [2.45, 2.75) is 0 Å². The fourth-order valence-corrected chi connectivity index (χ4v) is 2.13. The molecule has 1 saturated heterocycles. The minimum absolute atomic E-state index is 0.217. The number of para-hydroxylation sites is 1. The van der Waals surface area contributed by atoms with Crippen LogP contribution in [0.4, 0.5) is 5.69 Å². The maximum atomic E-state index is 12.2. The Morgan fingerprint density at radius 1 is 1.17 bits per heavy atom. The molecule has 1 aromatic carbocycles. The third-order valence-electron chi connectivity index (χ3n) is 3.43. The minimum Gasteiger partial charge on any atom is -0.365 e. The van der Waals surface area contributed by atoms with Gasteiger partial charge in [0.25, 0.3) is 0 Å². The van der Waals surface area contributed by atoms with E-state index >= 15 is 0 Å². The number of anilines is 1. The predicted octanol–water partition coefficient (Wildman–Crippen LogP) is 0.897. The zero-order chi connectivity index (χ0) is 13.0. The van der Waals surface area contributed by atoms with Crippen LogP contribution >= 0.6 is 0 Å². The average molecular weight is 247 g/mol. The largest absolute Gasteiger partial charge is 0.365 e. The van der Waals surface area contributed by atoms with Gasteiger partial charge in [0, 0.05) is 38.9 Å². The third-order valence-corrected chi connectivity index (χ3v) is 3.43. The summed E-state index contributed by atoms with van der Waals surface area (Å²) in [6.45, 7) is 4.09. The van der Waals surface area contributed by atoms with Crippen LogP contribution in [0.25, 0.3) is 0 Å². The molecular formula is C14H21N3O. The standard InChI is InChI=1S/C14H21N3O/c1-15-8-10-17(11-9-15)14(18)12-16(2)13-6-4-3-5-7-13/h3-7H,8-12H2,1-2H3. The average Bonchev–Trinajstić information content (AvgIpc) is 2.40. The van der Waals surface area contributed by atoms with E-state index in [1.165, 1.54) is 0 Å². The zero-order valence-electron chi connectivity index (χ0n) is 11.2. The molecule has 0 atom stereocenters. The van der Waals surface area contributed by atoms with Crippen LogP contribution in [0.5, 0.6) is 0 Å². The van der Waals surface area contributed by atoms with Crippen molar-refractivity contribution in [2.75, 3.05) is 51.7 Å². The highest BCUT2D eigenvalue weighted by Gasteiger charge is 2.19. The van der Waals surface area contributed by atoms with E-state index in [0.717, 1.165) is 31.9 Å². The van der Waals surface area contributed by atoms with Crippen molar-refractivity contribution in [3.8, 4) is 0 Å². The van der Waals surface area contributed by atoms with Crippen molar-refractivity contribution in [3.63, 3.8) is 0 Å². The maximum Gasteiger partial charge on any atom is 0.242 e. The first kappa shape index (κ1) is 12.9. The van der Waals surface area contributed by atoms with Crippen LogP contribution in [-0.4, -0.2) is 62.5 Å². The van der Waals surface area contributed by atoms with E-state index in [1.807, 2.05) is 47.2 Å². The van der Waals surface area contributed by atoms with Gasteiger partial charge in [-0.15, -0.1) is 0 Å². The normalized spacial score (nSPS) is 16.7. The topological polar surface area (TPSA) is 26.8 Å². The molecule has 1 aromatic rings. The summed E-state index contributed by atoms with van der Waals surface area (Å²) in [7, 11) is 4.06. The Labute approximate surface area is 109 Å². The zero-order valence-corrected chi connectivity index (χ0v) is 11.2. The number of benzene rings is 1. The predicted molar refractivity (Wildman–Crippen MR) is 73.8 cm³/mol. The lowest BCUT2D eigenvalue weighted by Crippen LogP contribution is -2.49. The number of piperazine rings is 1. The number of rotatable bonds is 3. The first-order valence-corrected chi connectivity index (χ1v) is 6.39. The quantitative estimate of drug-likeness (QED) is 0.794. The van der Waals surface area contributed by atoms with Crippen molar-refractivity contribution in [2.24, 2.45) is 0 Å². The van der Waals surface area contributed by atoms with Crippen LogP contribution in [0.2, 0.25) is 0 Å².